The second-order valence-electron chi connectivity index (χ2n) is 2.27. The molecule has 1 heterocycles. The molecule has 0 atom stereocenters. The summed E-state index contributed by atoms with van der Waals surface area (Å²) >= 11 is 0.960. The van der Waals surface area contributed by atoms with Crippen LogP contribution in [0.25, 0.3) is 0 Å². The minimum Gasteiger partial charge on any atom is -0.478 e. The molecule has 0 aliphatic carbocycles. The maximum atomic E-state index is 11.1. The number of nitrogen functional groups attached to an aromatic ring is 1. The lowest BCUT2D eigenvalue weighted by Gasteiger charge is -1.91. The first-order valence-corrected chi connectivity index (χ1v) is 4.22. The number of nitrogens with one attached hydrogen (secondary N) is 1. The van der Waals surface area contributed by atoms with E-state index in [1.807, 2.05) is 0 Å². The first kappa shape index (κ1) is 9.53. The van der Waals surface area contributed by atoms with Gasteiger partial charge in [-0.05, 0) is 6.07 Å². The number of thiophene rings is 1. The van der Waals surface area contributed by atoms with E-state index in [1.165, 1.54) is 13.1 Å². The minimum atomic E-state index is -1.12. The van der Waals surface area contributed by atoms with Crippen molar-refractivity contribution in [2.45, 2.75) is 0 Å². The summed E-state index contributed by atoms with van der Waals surface area (Å²) < 4.78 is 0. The summed E-state index contributed by atoms with van der Waals surface area (Å²) in [5, 5.41) is 11.2. The number of nitrogens with two attached hydrogens (primary N) is 1. The topological polar surface area (TPSA) is 92.4 Å². The summed E-state index contributed by atoms with van der Waals surface area (Å²) in [6.07, 6.45) is 0. The molecule has 1 rings (SSSR count). The van der Waals surface area contributed by atoms with Crippen molar-refractivity contribution < 1.29 is 14.7 Å². The number of carbonyl (C=O) groups is 2. The maximum absolute atomic E-state index is 11.1. The van der Waals surface area contributed by atoms with Crippen LogP contribution < -0.4 is 11.1 Å². The van der Waals surface area contributed by atoms with E-state index in [2.05, 4.69) is 5.32 Å². The zero-order valence-corrected chi connectivity index (χ0v) is 7.64. The smallest absolute Gasteiger partial charge is 0.338 e. The van der Waals surface area contributed by atoms with Gasteiger partial charge in [-0.2, -0.15) is 0 Å². The number of amides is 1. The molecule has 13 heavy (non-hydrogen) atoms. The van der Waals surface area contributed by atoms with Crippen LogP contribution in [0.4, 0.5) is 5.00 Å². The van der Waals surface area contributed by atoms with E-state index >= 15 is 0 Å². The van der Waals surface area contributed by atoms with Crippen LogP contribution in [0, 0.1) is 0 Å². The molecule has 0 bridgehead atoms. The standard InChI is InChI=1S/C7H8N2O3S/c1-9-6(10)4-2-3(7(11)12)5(8)13-4/h2H,8H2,1H3,(H,9,10)(H,11,12). The summed E-state index contributed by atoms with van der Waals surface area (Å²) in [6, 6.07) is 1.27. The van der Waals surface area contributed by atoms with E-state index in [0.717, 1.165) is 11.3 Å². The highest BCUT2D eigenvalue weighted by Crippen LogP contribution is 2.24. The number of hydrogen-bond donors (Lipinski definition) is 3. The Labute approximate surface area is 78.2 Å². The Morgan fingerprint density at radius 2 is 2.23 bits per heavy atom. The molecule has 0 fully saturated rings. The first-order valence-electron chi connectivity index (χ1n) is 3.41. The van der Waals surface area contributed by atoms with Gasteiger partial charge in [0.15, 0.2) is 0 Å². The predicted octanol–water partition coefficient (Wildman–Crippen LogP) is 0.388. The molecule has 5 nitrogen and oxygen atoms in total. The van der Waals surface area contributed by atoms with Crippen LogP contribution in [0.3, 0.4) is 0 Å². The van der Waals surface area contributed by atoms with E-state index in [1.54, 1.807) is 0 Å². The van der Waals surface area contributed by atoms with Crippen molar-refractivity contribution in [3.8, 4) is 0 Å². The number of anilines is 1. The molecule has 0 saturated carbocycles. The first-order chi connectivity index (χ1) is 6.06. The number of aromatic carboxylic acids is 1. The quantitative estimate of drug-likeness (QED) is 0.643. The lowest BCUT2D eigenvalue weighted by atomic mass is 10.3. The van der Waals surface area contributed by atoms with Crippen LogP contribution in [-0.4, -0.2) is 24.0 Å². The monoisotopic (exact) mass is 200 g/mol. The third kappa shape index (κ3) is 1.78. The SMILES string of the molecule is CNC(=O)c1cc(C(=O)O)c(N)s1. The van der Waals surface area contributed by atoms with Gasteiger partial charge < -0.3 is 16.2 Å². The fourth-order valence-electron chi connectivity index (χ4n) is 0.807. The van der Waals surface area contributed by atoms with E-state index in [9.17, 15) is 9.59 Å². The van der Waals surface area contributed by atoms with Crippen LogP contribution in [0.5, 0.6) is 0 Å². The number of carbonyl (C=O) groups excluding carboxylic acids is 1. The van der Waals surface area contributed by atoms with Crippen LogP contribution in [0.2, 0.25) is 0 Å². The molecule has 70 valence electrons. The van der Waals surface area contributed by atoms with Gasteiger partial charge in [-0.15, -0.1) is 11.3 Å². The number of carboxylic acid groups (broad SMARTS) is 1. The molecule has 0 saturated heterocycles. The third-order valence-corrected chi connectivity index (χ3v) is 2.41. The van der Waals surface area contributed by atoms with Gasteiger partial charge >= 0.3 is 5.97 Å². The molecule has 0 spiro atoms. The van der Waals surface area contributed by atoms with Crippen molar-refractivity contribution in [1.82, 2.24) is 5.32 Å². The molecular weight excluding hydrogens is 192 g/mol. The third-order valence-electron chi connectivity index (χ3n) is 1.44. The van der Waals surface area contributed by atoms with Gasteiger partial charge in [0, 0.05) is 7.05 Å². The zero-order valence-electron chi connectivity index (χ0n) is 6.83. The Kier molecular flexibility index (Phi) is 2.52. The Hall–Kier alpha value is -1.56. The molecule has 1 aromatic heterocycles. The Bertz CT molecular complexity index is 359. The molecular formula is C7H8N2O3S. The highest BCUT2D eigenvalue weighted by molar-refractivity contribution is 7.18. The van der Waals surface area contributed by atoms with Gasteiger partial charge in [0.1, 0.15) is 5.00 Å². The Morgan fingerprint density at radius 3 is 2.62 bits per heavy atom. The fourth-order valence-corrected chi connectivity index (χ4v) is 1.67. The molecule has 6 heteroatoms. The van der Waals surface area contributed by atoms with Crippen molar-refractivity contribution in [2.24, 2.45) is 0 Å². The second-order valence-corrected chi connectivity index (χ2v) is 3.36. The second kappa shape index (κ2) is 3.44. The van der Waals surface area contributed by atoms with E-state index in [-0.39, 0.29) is 16.5 Å². The molecule has 0 aliphatic rings. The number of hydrogen-bond acceptors (Lipinski definition) is 4. The summed E-state index contributed by atoms with van der Waals surface area (Å²) in [5.41, 5.74) is 5.37. The van der Waals surface area contributed by atoms with Crippen LogP contribution in [0.15, 0.2) is 6.07 Å². The highest BCUT2D eigenvalue weighted by Gasteiger charge is 2.15. The summed E-state index contributed by atoms with van der Waals surface area (Å²) in [5.74, 6) is -1.45. The average Bonchev–Trinajstić information content (AvgIpc) is 2.46. The lowest BCUT2D eigenvalue weighted by molar-refractivity contribution is 0.0698. The van der Waals surface area contributed by atoms with Gasteiger partial charge in [0.25, 0.3) is 5.91 Å². The van der Waals surface area contributed by atoms with Crippen LogP contribution in [-0.2, 0) is 0 Å². The Morgan fingerprint density at radius 1 is 1.62 bits per heavy atom. The normalized spacial score (nSPS) is 9.62. The molecule has 0 unspecified atom stereocenters. The van der Waals surface area contributed by atoms with Crippen LogP contribution >= 0.6 is 11.3 Å². The van der Waals surface area contributed by atoms with Crippen molar-refractivity contribution >= 4 is 28.2 Å². The molecule has 0 aromatic carbocycles. The summed E-state index contributed by atoms with van der Waals surface area (Å²) in [6.45, 7) is 0. The van der Waals surface area contributed by atoms with Gasteiger partial charge in [-0.3, -0.25) is 4.79 Å². The molecule has 1 amide bonds. The summed E-state index contributed by atoms with van der Waals surface area (Å²) in [4.78, 5) is 21.9. The van der Waals surface area contributed by atoms with E-state index in [0.29, 0.717) is 4.88 Å². The average molecular weight is 200 g/mol. The zero-order chi connectivity index (χ0) is 10.0. The predicted molar refractivity (Wildman–Crippen MR) is 49.1 cm³/mol. The van der Waals surface area contributed by atoms with Gasteiger partial charge in [0.05, 0.1) is 10.4 Å². The van der Waals surface area contributed by atoms with Gasteiger partial charge in [-0.1, -0.05) is 0 Å². The van der Waals surface area contributed by atoms with Crippen molar-refractivity contribution in [1.29, 1.82) is 0 Å². The summed E-state index contributed by atoms with van der Waals surface area (Å²) in [7, 11) is 1.47. The van der Waals surface area contributed by atoms with E-state index in [4.69, 9.17) is 10.8 Å². The van der Waals surface area contributed by atoms with Crippen molar-refractivity contribution in [3.05, 3.63) is 16.5 Å². The maximum Gasteiger partial charge on any atom is 0.338 e. The Balaban J connectivity index is 3.09. The molecule has 0 aliphatic heterocycles. The van der Waals surface area contributed by atoms with Crippen molar-refractivity contribution in [2.75, 3.05) is 12.8 Å². The lowest BCUT2D eigenvalue weighted by Crippen LogP contribution is -2.16. The van der Waals surface area contributed by atoms with Crippen molar-refractivity contribution in [3.63, 3.8) is 0 Å². The minimum absolute atomic E-state index is 0.0244. The van der Waals surface area contributed by atoms with Gasteiger partial charge in [-0.25, -0.2) is 4.79 Å². The molecule has 1 aromatic rings. The van der Waals surface area contributed by atoms with Crippen LogP contribution in [0.1, 0.15) is 20.0 Å². The molecule has 0 radical (unpaired) electrons. The van der Waals surface area contributed by atoms with E-state index < -0.39 is 5.97 Å². The largest absolute Gasteiger partial charge is 0.478 e. The fraction of sp³-hybridized carbons (Fsp3) is 0.143. The number of carboxylic acids is 1. The highest BCUT2D eigenvalue weighted by atomic mass is 32.1. The number of rotatable bonds is 2. The van der Waals surface area contributed by atoms with Gasteiger partial charge in [0.2, 0.25) is 0 Å². The molecule has 4 N–H and O–H groups in total.